The van der Waals surface area contributed by atoms with Gasteiger partial charge in [0.15, 0.2) is 5.90 Å². The molecule has 0 aliphatic heterocycles. The second-order valence-corrected chi connectivity index (χ2v) is 19.6. The lowest BCUT2D eigenvalue weighted by Gasteiger charge is -2.22. The highest BCUT2D eigenvalue weighted by Crippen LogP contribution is 2.30. The highest BCUT2D eigenvalue weighted by atomic mass is 32.2. The number of ketones is 1. The number of carbonyl (C=O) groups is 2. The molecule has 2 aliphatic rings. The summed E-state index contributed by atoms with van der Waals surface area (Å²) in [5.41, 5.74) is 0. The number of nitrogens with one attached hydrogen (secondary N) is 1. The van der Waals surface area contributed by atoms with Crippen molar-refractivity contribution < 1.29 is 19.1 Å². The number of hydrogen-bond donors (Lipinski definition) is 1. The average molecular weight is 794 g/mol. The Balaban J connectivity index is 1.70. The Morgan fingerprint density at radius 2 is 0.889 bits per heavy atom. The van der Waals surface area contributed by atoms with Crippen LogP contribution in [0.3, 0.4) is 0 Å². The van der Waals surface area contributed by atoms with Crippen LogP contribution in [0.15, 0.2) is 0 Å². The van der Waals surface area contributed by atoms with Crippen molar-refractivity contribution in [3.8, 4) is 0 Å². The molecule has 5 nitrogen and oxygen atoms in total. The van der Waals surface area contributed by atoms with Crippen LogP contribution in [0.2, 0.25) is 0 Å². The van der Waals surface area contributed by atoms with E-state index in [1.165, 1.54) is 148 Å². The van der Waals surface area contributed by atoms with E-state index >= 15 is 0 Å². The molecule has 2 fully saturated rings. The number of carbonyl (C=O) groups excluding carboxylic acids is 2. The maximum Gasteiger partial charge on any atom is 0.306 e. The van der Waals surface area contributed by atoms with Crippen LogP contribution in [-0.2, 0) is 19.1 Å². The molecule has 2 saturated carbocycles. The normalized spacial score (nSPS) is 17.1. The van der Waals surface area contributed by atoms with Gasteiger partial charge in [0.2, 0.25) is 0 Å². The minimum absolute atomic E-state index is 0.0195. The number of thioether (sulfide) groups is 2. The first-order valence-corrected chi connectivity index (χ1v) is 25.8. The fourth-order valence-corrected chi connectivity index (χ4v) is 10.9. The first kappa shape index (κ1) is 49.5. The topological polar surface area (TPSA) is 76.4 Å². The zero-order valence-corrected chi connectivity index (χ0v) is 37.3. The molecule has 0 heterocycles. The van der Waals surface area contributed by atoms with Crippen molar-refractivity contribution in [2.75, 3.05) is 11.5 Å². The Labute approximate surface area is 343 Å². The summed E-state index contributed by atoms with van der Waals surface area (Å²) in [6.45, 7) is 4.51. The van der Waals surface area contributed by atoms with Gasteiger partial charge in [-0.05, 0) is 77.0 Å². The minimum atomic E-state index is -0.0253. The summed E-state index contributed by atoms with van der Waals surface area (Å²) in [5.74, 6) is 2.70. The van der Waals surface area contributed by atoms with Crippen LogP contribution in [-0.4, -0.2) is 51.9 Å². The van der Waals surface area contributed by atoms with Gasteiger partial charge in [-0.1, -0.05) is 142 Å². The number of hydrogen-bond acceptors (Lipinski definition) is 7. The largest absolute Gasteiger partial charge is 0.477 e. The van der Waals surface area contributed by atoms with E-state index in [0.717, 1.165) is 81.0 Å². The third-order valence-electron chi connectivity index (χ3n) is 11.7. The summed E-state index contributed by atoms with van der Waals surface area (Å²) in [6, 6.07) is 0. The summed E-state index contributed by atoms with van der Waals surface area (Å²) in [6.07, 6.45) is 41.5. The molecule has 316 valence electrons. The molecule has 0 spiro atoms. The molecule has 7 heteroatoms. The Morgan fingerprint density at radius 3 is 1.35 bits per heavy atom. The Kier molecular flexibility index (Phi) is 32.5. The van der Waals surface area contributed by atoms with E-state index in [1.807, 2.05) is 11.8 Å². The molecule has 54 heavy (non-hydrogen) atoms. The summed E-state index contributed by atoms with van der Waals surface area (Å²) < 4.78 is 12.4. The fourth-order valence-electron chi connectivity index (χ4n) is 8.14. The molecule has 2 atom stereocenters. The summed E-state index contributed by atoms with van der Waals surface area (Å²) in [4.78, 5) is 25.7. The van der Waals surface area contributed by atoms with Crippen LogP contribution in [0.25, 0.3) is 0 Å². The lowest BCUT2D eigenvalue weighted by atomic mass is 10.0. The van der Waals surface area contributed by atoms with Crippen LogP contribution in [0, 0.1) is 5.41 Å². The first-order chi connectivity index (χ1) is 26.5. The van der Waals surface area contributed by atoms with Gasteiger partial charge in [-0.15, -0.1) is 0 Å². The zero-order chi connectivity index (χ0) is 38.7. The molecular weight excluding hydrogens is 707 g/mol. The van der Waals surface area contributed by atoms with E-state index in [0.29, 0.717) is 36.2 Å². The molecule has 0 radical (unpaired) electrons. The Bertz CT molecular complexity index is 830. The van der Waals surface area contributed by atoms with Crippen molar-refractivity contribution in [1.29, 1.82) is 5.41 Å². The highest BCUT2D eigenvalue weighted by molar-refractivity contribution is 8.00. The van der Waals surface area contributed by atoms with E-state index < -0.39 is 0 Å². The molecule has 2 rings (SSSR count). The monoisotopic (exact) mass is 794 g/mol. The number of esters is 1. The third-order valence-corrected chi connectivity index (χ3v) is 14.7. The number of ether oxygens (including phenoxy) is 2. The second kappa shape index (κ2) is 35.5. The molecule has 0 aromatic rings. The van der Waals surface area contributed by atoms with Gasteiger partial charge in [0.25, 0.3) is 0 Å². The van der Waals surface area contributed by atoms with E-state index in [4.69, 9.17) is 14.9 Å². The maximum atomic E-state index is 12.9. The SMILES string of the molecule is CCCCCCCCCC(=N)OC(CCCCC(=O)CCCCC(CSC1CCCCCC1)OC(=O)CCCCCCCCC)CSC1CCCCCC1. The van der Waals surface area contributed by atoms with Crippen LogP contribution in [0.4, 0.5) is 0 Å². The molecule has 0 amide bonds. The smallest absolute Gasteiger partial charge is 0.306 e. The molecule has 0 aromatic carbocycles. The highest BCUT2D eigenvalue weighted by Gasteiger charge is 2.21. The van der Waals surface area contributed by atoms with Crippen LogP contribution in [0.1, 0.15) is 245 Å². The number of unbranched alkanes of at least 4 members (excludes halogenated alkanes) is 14. The van der Waals surface area contributed by atoms with Crippen molar-refractivity contribution in [3.63, 3.8) is 0 Å². The standard InChI is InChI=1S/C47H87NO4S2/c1-3-5-7-9-11-13-23-37-46(48)51-42(39-53-44-33-19-15-16-20-34-44)31-27-25-29-41(49)30-26-28-32-43(40-54-45-35-21-17-18-22-36-45)52-47(50)38-24-14-12-10-8-6-4-2/h42-45,48H,3-40H2,1-2H3. The predicted molar refractivity (Wildman–Crippen MR) is 238 cm³/mol. The molecule has 2 unspecified atom stereocenters. The van der Waals surface area contributed by atoms with Crippen molar-refractivity contribution in [3.05, 3.63) is 0 Å². The van der Waals surface area contributed by atoms with Gasteiger partial charge in [-0.25, -0.2) is 0 Å². The molecule has 0 aromatic heterocycles. The molecular formula is C47H87NO4S2. The van der Waals surface area contributed by atoms with E-state index in [1.54, 1.807) is 0 Å². The Hall–Kier alpha value is -0.690. The van der Waals surface area contributed by atoms with Gasteiger partial charge in [0.1, 0.15) is 18.0 Å². The van der Waals surface area contributed by atoms with Crippen LogP contribution >= 0.6 is 23.5 Å². The maximum absolute atomic E-state index is 12.9. The summed E-state index contributed by atoms with van der Waals surface area (Å²) in [5, 5.41) is 10.0. The van der Waals surface area contributed by atoms with Gasteiger partial charge in [0.05, 0.1) is 0 Å². The van der Waals surface area contributed by atoms with Gasteiger partial charge < -0.3 is 9.47 Å². The molecule has 0 saturated heterocycles. The van der Waals surface area contributed by atoms with Gasteiger partial charge in [-0.2, -0.15) is 23.5 Å². The van der Waals surface area contributed by atoms with Crippen molar-refractivity contribution in [1.82, 2.24) is 0 Å². The van der Waals surface area contributed by atoms with E-state index in [9.17, 15) is 9.59 Å². The Morgan fingerprint density at radius 1 is 0.500 bits per heavy atom. The van der Waals surface area contributed by atoms with Crippen molar-refractivity contribution >= 4 is 41.2 Å². The fraction of sp³-hybridized carbons (Fsp3) is 0.936. The zero-order valence-electron chi connectivity index (χ0n) is 35.6. The predicted octanol–water partition coefficient (Wildman–Crippen LogP) is 15.1. The van der Waals surface area contributed by atoms with Crippen molar-refractivity contribution in [2.24, 2.45) is 0 Å². The quantitative estimate of drug-likeness (QED) is 0.0230. The molecule has 0 bridgehead atoms. The number of Topliss-reactive ketones (excluding diaryl/α,β-unsaturated/α-hetero) is 1. The van der Waals surface area contributed by atoms with Crippen LogP contribution < -0.4 is 0 Å². The first-order valence-electron chi connectivity index (χ1n) is 23.7. The van der Waals surface area contributed by atoms with E-state index in [2.05, 4.69) is 25.6 Å². The lowest BCUT2D eigenvalue weighted by Crippen LogP contribution is -2.22. The van der Waals surface area contributed by atoms with Crippen LogP contribution in [0.5, 0.6) is 0 Å². The average Bonchev–Trinajstić information content (AvgIpc) is 3.61. The molecule has 2 aliphatic carbocycles. The minimum Gasteiger partial charge on any atom is -0.477 e. The summed E-state index contributed by atoms with van der Waals surface area (Å²) >= 11 is 4.12. The second-order valence-electron chi connectivity index (χ2n) is 16.9. The lowest BCUT2D eigenvalue weighted by molar-refractivity contribution is -0.148. The molecule has 1 N–H and O–H groups in total. The van der Waals surface area contributed by atoms with E-state index in [-0.39, 0.29) is 18.2 Å². The summed E-state index contributed by atoms with van der Waals surface area (Å²) in [7, 11) is 0. The van der Waals surface area contributed by atoms with Gasteiger partial charge in [-0.3, -0.25) is 15.0 Å². The van der Waals surface area contributed by atoms with Gasteiger partial charge >= 0.3 is 5.97 Å². The number of rotatable bonds is 34. The third kappa shape index (κ3) is 28.7. The van der Waals surface area contributed by atoms with Crippen molar-refractivity contribution in [2.45, 2.75) is 268 Å². The van der Waals surface area contributed by atoms with Gasteiger partial charge in [0, 0.05) is 47.7 Å².